The molecule has 0 aliphatic heterocycles. The van der Waals surface area contributed by atoms with Gasteiger partial charge in [0.25, 0.3) is 5.56 Å². The van der Waals surface area contributed by atoms with Gasteiger partial charge in [0.2, 0.25) is 0 Å². The molecule has 25 heavy (non-hydrogen) atoms. The largest absolute Gasteiger partial charge is 0.487 e. The van der Waals surface area contributed by atoms with E-state index in [2.05, 4.69) is 4.98 Å². The van der Waals surface area contributed by atoms with Crippen molar-refractivity contribution in [1.29, 1.82) is 0 Å². The molecule has 2 aromatic carbocycles. The molecule has 0 unspecified atom stereocenters. The summed E-state index contributed by atoms with van der Waals surface area (Å²) < 4.78 is 5.75. The minimum absolute atomic E-state index is 0.0983. The van der Waals surface area contributed by atoms with Crippen LogP contribution in [-0.2, 0) is 6.61 Å². The van der Waals surface area contributed by atoms with Gasteiger partial charge in [-0.05, 0) is 24.6 Å². The highest BCUT2D eigenvalue weighted by Crippen LogP contribution is 2.29. The number of benzene rings is 2. The van der Waals surface area contributed by atoms with Gasteiger partial charge >= 0.3 is 0 Å². The maximum atomic E-state index is 11.7. The minimum Gasteiger partial charge on any atom is -0.487 e. The van der Waals surface area contributed by atoms with Crippen LogP contribution in [0.4, 0.5) is 0 Å². The third kappa shape index (κ3) is 5.64. The van der Waals surface area contributed by atoms with E-state index in [1.165, 1.54) is 0 Å². The van der Waals surface area contributed by atoms with Crippen LogP contribution in [0.15, 0.2) is 53.3 Å². The van der Waals surface area contributed by atoms with Gasteiger partial charge in [-0.3, -0.25) is 4.79 Å². The van der Waals surface area contributed by atoms with Gasteiger partial charge < -0.3 is 9.72 Å². The van der Waals surface area contributed by atoms with Crippen LogP contribution in [0, 0.1) is 6.92 Å². The van der Waals surface area contributed by atoms with Crippen molar-refractivity contribution in [1.82, 2.24) is 4.98 Å². The molecule has 0 saturated heterocycles. The lowest BCUT2D eigenvalue weighted by Crippen LogP contribution is -2.08. The van der Waals surface area contributed by atoms with Crippen LogP contribution in [0.5, 0.6) is 5.75 Å². The van der Waals surface area contributed by atoms with Gasteiger partial charge in [0, 0.05) is 17.0 Å². The lowest BCUT2D eigenvalue weighted by atomic mass is 10.1. The second kappa shape index (κ2) is 10.6. The Kier molecular flexibility index (Phi) is 8.79. The van der Waals surface area contributed by atoms with Gasteiger partial charge in [-0.2, -0.15) is 0 Å². The van der Waals surface area contributed by atoms with Gasteiger partial charge in [0.1, 0.15) is 12.4 Å². The molecular formula is C21H26ClNO2. The van der Waals surface area contributed by atoms with Crippen molar-refractivity contribution in [3.05, 3.63) is 75.0 Å². The Hall–Kier alpha value is -2.26. The number of H-pyrrole nitrogens is 1. The van der Waals surface area contributed by atoms with E-state index in [-0.39, 0.29) is 5.56 Å². The zero-order valence-corrected chi connectivity index (χ0v) is 16.3. The summed E-state index contributed by atoms with van der Waals surface area (Å²) in [6.45, 7) is 10.2. The number of aryl methyl sites for hydroxylation is 1. The Morgan fingerprint density at radius 1 is 1.00 bits per heavy atom. The summed E-state index contributed by atoms with van der Waals surface area (Å²) in [6.07, 6.45) is 0. The Labute approximate surface area is 154 Å². The Bertz CT molecular complexity index is 842. The van der Waals surface area contributed by atoms with E-state index < -0.39 is 0 Å². The molecule has 134 valence electrons. The van der Waals surface area contributed by atoms with E-state index in [1.807, 2.05) is 64.1 Å². The number of aromatic nitrogens is 1. The fraction of sp³-hybridized carbons (Fsp3) is 0.286. The number of aromatic amines is 1. The van der Waals surface area contributed by atoms with Gasteiger partial charge in [-0.1, -0.05) is 69.6 Å². The SMILES string of the molecule is CC.CC.Cc1cc2cc(Cl)c(OCc3ccccc3)cc2[nH]c1=O. The molecule has 4 heteroatoms. The fourth-order valence-corrected chi connectivity index (χ4v) is 2.39. The molecule has 0 amide bonds. The maximum absolute atomic E-state index is 11.7. The second-order valence-electron chi connectivity index (χ2n) is 4.93. The zero-order valence-electron chi connectivity index (χ0n) is 15.5. The molecule has 0 fully saturated rings. The van der Waals surface area contributed by atoms with Gasteiger partial charge in [0.05, 0.1) is 10.5 Å². The molecule has 1 heterocycles. The number of pyridine rings is 1. The number of nitrogens with one attached hydrogen (secondary N) is 1. The Balaban J connectivity index is 0.000000730. The van der Waals surface area contributed by atoms with Crippen LogP contribution in [0.1, 0.15) is 38.8 Å². The first-order valence-electron chi connectivity index (χ1n) is 8.63. The van der Waals surface area contributed by atoms with E-state index in [4.69, 9.17) is 16.3 Å². The van der Waals surface area contributed by atoms with Crippen molar-refractivity contribution in [3.8, 4) is 5.75 Å². The summed E-state index contributed by atoms with van der Waals surface area (Å²) >= 11 is 6.24. The number of hydrogen-bond acceptors (Lipinski definition) is 2. The molecule has 3 rings (SSSR count). The average Bonchev–Trinajstić information content (AvgIpc) is 2.66. The summed E-state index contributed by atoms with van der Waals surface area (Å²) in [4.78, 5) is 14.5. The van der Waals surface area contributed by atoms with Crippen molar-refractivity contribution in [2.24, 2.45) is 0 Å². The zero-order chi connectivity index (χ0) is 18.8. The summed E-state index contributed by atoms with van der Waals surface area (Å²) in [5, 5.41) is 1.43. The number of ether oxygens (including phenoxy) is 1. The predicted octanol–water partition coefficient (Wildman–Crippen LogP) is 6.12. The summed E-state index contributed by atoms with van der Waals surface area (Å²) in [7, 11) is 0. The first-order valence-corrected chi connectivity index (χ1v) is 9.01. The summed E-state index contributed by atoms with van der Waals surface area (Å²) in [6, 6.07) is 15.2. The Morgan fingerprint density at radius 2 is 1.64 bits per heavy atom. The molecular weight excluding hydrogens is 334 g/mol. The van der Waals surface area contributed by atoms with E-state index in [0.29, 0.717) is 22.9 Å². The number of rotatable bonds is 3. The van der Waals surface area contributed by atoms with Crippen LogP contribution in [-0.4, -0.2) is 4.98 Å². The highest BCUT2D eigenvalue weighted by molar-refractivity contribution is 6.32. The van der Waals surface area contributed by atoms with Crippen LogP contribution in [0.2, 0.25) is 5.02 Å². The van der Waals surface area contributed by atoms with Gasteiger partial charge in [-0.25, -0.2) is 0 Å². The normalized spacial score (nSPS) is 9.52. The summed E-state index contributed by atoms with van der Waals surface area (Å²) in [5.41, 5.74) is 2.35. The number of halogens is 1. The van der Waals surface area contributed by atoms with Crippen LogP contribution in [0.25, 0.3) is 10.9 Å². The van der Waals surface area contributed by atoms with Crippen molar-refractivity contribution in [3.63, 3.8) is 0 Å². The van der Waals surface area contributed by atoms with Crippen molar-refractivity contribution in [2.45, 2.75) is 41.2 Å². The molecule has 1 aromatic heterocycles. The highest BCUT2D eigenvalue weighted by atomic mass is 35.5. The van der Waals surface area contributed by atoms with Gasteiger partial charge in [-0.15, -0.1) is 0 Å². The topological polar surface area (TPSA) is 42.1 Å². The summed E-state index contributed by atoms with van der Waals surface area (Å²) in [5.74, 6) is 0.563. The minimum atomic E-state index is -0.0983. The first-order chi connectivity index (χ1) is 12.1. The standard InChI is InChI=1S/C17H14ClNO2.2C2H6/c1-11-7-13-8-14(18)16(9-15(13)19-17(11)20)21-10-12-5-3-2-4-6-12;2*1-2/h2-9H,10H2,1H3,(H,19,20);2*1-2H3. The highest BCUT2D eigenvalue weighted by Gasteiger charge is 2.07. The lowest BCUT2D eigenvalue weighted by molar-refractivity contribution is 0.307. The van der Waals surface area contributed by atoms with Crippen molar-refractivity contribution < 1.29 is 4.74 Å². The molecule has 0 spiro atoms. The van der Waals surface area contributed by atoms with E-state index >= 15 is 0 Å². The van der Waals surface area contributed by atoms with Crippen molar-refractivity contribution >= 4 is 22.5 Å². The molecule has 0 bridgehead atoms. The van der Waals surface area contributed by atoms with Crippen LogP contribution < -0.4 is 10.3 Å². The van der Waals surface area contributed by atoms with Crippen molar-refractivity contribution in [2.75, 3.05) is 0 Å². The lowest BCUT2D eigenvalue weighted by Gasteiger charge is -2.10. The van der Waals surface area contributed by atoms with Crippen LogP contribution in [0.3, 0.4) is 0 Å². The Morgan fingerprint density at radius 3 is 2.28 bits per heavy atom. The molecule has 3 nitrogen and oxygen atoms in total. The van der Waals surface area contributed by atoms with Crippen LogP contribution >= 0.6 is 11.6 Å². The molecule has 0 atom stereocenters. The second-order valence-corrected chi connectivity index (χ2v) is 5.33. The molecule has 0 radical (unpaired) electrons. The average molecular weight is 360 g/mol. The maximum Gasteiger partial charge on any atom is 0.251 e. The molecule has 0 saturated carbocycles. The molecule has 0 aliphatic rings. The molecule has 1 N–H and O–H groups in total. The molecule has 0 aliphatic carbocycles. The third-order valence-corrected chi connectivity index (χ3v) is 3.61. The molecule has 3 aromatic rings. The number of fused-ring (bicyclic) bond motifs is 1. The van der Waals surface area contributed by atoms with E-state index in [9.17, 15) is 4.79 Å². The fourth-order valence-electron chi connectivity index (χ4n) is 2.16. The van der Waals surface area contributed by atoms with E-state index in [1.54, 1.807) is 19.1 Å². The predicted molar refractivity (Wildman–Crippen MR) is 108 cm³/mol. The third-order valence-electron chi connectivity index (χ3n) is 3.32. The number of hydrogen-bond donors (Lipinski definition) is 1. The quantitative estimate of drug-likeness (QED) is 0.611. The first kappa shape index (κ1) is 20.8. The van der Waals surface area contributed by atoms with E-state index in [0.717, 1.165) is 16.5 Å². The van der Waals surface area contributed by atoms with Gasteiger partial charge in [0.15, 0.2) is 0 Å². The smallest absolute Gasteiger partial charge is 0.251 e. The monoisotopic (exact) mass is 359 g/mol.